The summed E-state index contributed by atoms with van der Waals surface area (Å²) in [6.07, 6.45) is -1.59. The average Bonchev–Trinajstić information content (AvgIpc) is 2.94. The lowest BCUT2D eigenvalue weighted by atomic mass is 9.77. The number of ether oxygens (including phenoxy) is 4. The zero-order valence-electron chi connectivity index (χ0n) is 15.2. The molecule has 140 valence electrons. The minimum Gasteiger partial charge on any atom is -0.467 e. The van der Waals surface area contributed by atoms with Gasteiger partial charge in [0.1, 0.15) is 11.2 Å². The van der Waals surface area contributed by atoms with Crippen molar-refractivity contribution >= 4 is 24.3 Å². The van der Waals surface area contributed by atoms with E-state index in [9.17, 15) is 19.2 Å². The van der Waals surface area contributed by atoms with Crippen molar-refractivity contribution in [3.63, 3.8) is 0 Å². The van der Waals surface area contributed by atoms with Crippen molar-refractivity contribution in [1.82, 2.24) is 4.90 Å². The van der Waals surface area contributed by atoms with Crippen molar-refractivity contribution in [2.45, 2.75) is 57.1 Å². The number of carbonyl (C=O) groups is 4. The molecule has 0 radical (unpaired) electrons. The molecule has 0 N–H and O–H groups in total. The highest BCUT2D eigenvalue weighted by molar-refractivity contribution is 6.13. The van der Waals surface area contributed by atoms with Gasteiger partial charge < -0.3 is 18.9 Å². The van der Waals surface area contributed by atoms with Crippen LogP contribution in [-0.2, 0) is 33.3 Å². The lowest BCUT2D eigenvalue weighted by Crippen LogP contribution is -2.67. The summed E-state index contributed by atoms with van der Waals surface area (Å²) in [5, 5.41) is 0. The van der Waals surface area contributed by atoms with E-state index in [1.807, 2.05) is 0 Å². The number of carbonyl (C=O) groups excluding carboxylic acids is 4. The Labute approximate surface area is 145 Å². The Bertz CT molecular complexity index is 612. The summed E-state index contributed by atoms with van der Waals surface area (Å²) in [5.74, 6) is -2.76. The number of imide groups is 1. The summed E-state index contributed by atoms with van der Waals surface area (Å²) in [5.41, 5.74) is -4.85. The number of rotatable bonds is 3. The lowest BCUT2D eigenvalue weighted by Gasteiger charge is -2.39. The number of methoxy groups -OCH3 is 2. The van der Waals surface area contributed by atoms with Gasteiger partial charge >= 0.3 is 12.1 Å². The van der Waals surface area contributed by atoms with Gasteiger partial charge in [-0.25, -0.2) is 14.5 Å². The smallest absolute Gasteiger partial charge is 0.418 e. The fraction of sp³-hybridized carbons (Fsp3) is 0.750. The maximum Gasteiger partial charge on any atom is 0.418 e. The Hall–Kier alpha value is -2.00. The molecule has 2 fully saturated rings. The van der Waals surface area contributed by atoms with E-state index in [0.29, 0.717) is 4.90 Å². The monoisotopic (exact) mass is 357 g/mol. The minimum absolute atomic E-state index is 0.0950. The summed E-state index contributed by atoms with van der Waals surface area (Å²) in [7, 11) is 2.44. The van der Waals surface area contributed by atoms with Crippen LogP contribution in [-0.4, -0.2) is 66.4 Å². The van der Waals surface area contributed by atoms with Gasteiger partial charge in [0.05, 0.1) is 13.0 Å². The van der Waals surface area contributed by atoms with Crippen LogP contribution in [0.2, 0.25) is 0 Å². The second kappa shape index (κ2) is 6.06. The molecular weight excluding hydrogens is 334 g/mol. The van der Waals surface area contributed by atoms with Gasteiger partial charge in [0, 0.05) is 13.5 Å². The number of hydrogen-bond acceptors (Lipinski definition) is 8. The Morgan fingerprint density at radius 3 is 2.36 bits per heavy atom. The van der Waals surface area contributed by atoms with E-state index < -0.39 is 46.9 Å². The minimum atomic E-state index is -2.29. The quantitative estimate of drug-likeness (QED) is 0.411. The van der Waals surface area contributed by atoms with Gasteiger partial charge in [-0.1, -0.05) is 0 Å². The summed E-state index contributed by atoms with van der Waals surface area (Å²) < 4.78 is 20.8. The maximum atomic E-state index is 12.9. The number of nitrogens with zero attached hydrogens (tertiary/aromatic N) is 1. The van der Waals surface area contributed by atoms with Crippen LogP contribution >= 0.6 is 0 Å². The Balaban J connectivity index is 2.60. The average molecular weight is 357 g/mol. The Kier molecular flexibility index (Phi) is 4.69. The van der Waals surface area contributed by atoms with Gasteiger partial charge in [0.2, 0.25) is 11.4 Å². The molecule has 2 saturated heterocycles. The summed E-state index contributed by atoms with van der Waals surface area (Å²) in [6.45, 7) is 6.23. The van der Waals surface area contributed by atoms with Crippen molar-refractivity contribution in [1.29, 1.82) is 0 Å². The van der Waals surface area contributed by atoms with Crippen molar-refractivity contribution in [2.24, 2.45) is 5.92 Å². The van der Waals surface area contributed by atoms with Crippen molar-refractivity contribution in [3.05, 3.63) is 0 Å². The number of esters is 1. The lowest BCUT2D eigenvalue weighted by molar-refractivity contribution is -0.196. The highest BCUT2D eigenvalue weighted by Gasteiger charge is 2.77. The molecule has 0 saturated carbocycles. The SMILES string of the molecule is COC(=O)[C@]1(C=O)N(C(=O)OC(C)(C)C)C(=O)[C@@H]2C[C@@H](OC)O[C@@]21C. The van der Waals surface area contributed by atoms with E-state index in [1.165, 1.54) is 14.0 Å². The molecule has 0 aliphatic carbocycles. The van der Waals surface area contributed by atoms with Crippen LogP contribution in [0.3, 0.4) is 0 Å². The molecule has 4 atom stereocenters. The third-order valence-electron chi connectivity index (χ3n) is 4.60. The van der Waals surface area contributed by atoms with Gasteiger partial charge in [-0.3, -0.25) is 9.59 Å². The molecule has 0 spiro atoms. The molecule has 2 heterocycles. The molecule has 0 unspecified atom stereocenters. The third kappa shape index (κ3) is 2.62. The predicted molar refractivity (Wildman–Crippen MR) is 82.3 cm³/mol. The van der Waals surface area contributed by atoms with E-state index in [1.54, 1.807) is 20.8 Å². The molecule has 2 aliphatic rings. The molecule has 9 nitrogen and oxygen atoms in total. The molecule has 2 aliphatic heterocycles. The first-order valence-corrected chi connectivity index (χ1v) is 7.81. The number of hydrogen-bond donors (Lipinski definition) is 0. The molecular formula is C16H23NO8. The zero-order valence-corrected chi connectivity index (χ0v) is 15.2. The van der Waals surface area contributed by atoms with Crippen molar-refractivity contribution in [3.8, 4) is 0 Å². The molecule has 2 rings (SSSR count). The summed E-state index contributed by atoms with van der Waals surface area (Å²) in [4.78, 5) is 50.7. The Morgan fingerprint density at radius 1 is 1.32 bits per heavy atom. The summed E-state index contributed by atoms with van der Waals surface area (Å²) in [6, 6.07) is 0. The topological polar surface area (TPSA) is 108 Å². The van der Waals surface area contributed by atoms with Crippen LogP contribution in [0.5, 0.6) is 0 Å². The fourth-order valence-corrected chi connectivity index (χ4v) is 3.42. The largest absolute Gasteiger partial charge is 0.467 e. The van der Waals surface area contributed by atoms with Crippen molar-refractivity contribution < 1.29 is 38.1 Å². The molecule has 25 heavy (non-hydrogen) atoms. The van der Waals surface area contributed by atoms with E-state index in [0.717, 1.165) is 7.11 Å². The van der Waals surface area contributed by atoms with Gasteiger partial charge in [0.25, 0.3) is 0 Å². The molecule has 0 aromatic heterocycles. The molecule has 9 heteroatoms. The highest BCUT2D eigenvalue weighted by atomic mass is 16.7. The number of likely N-dealkylation sites (tertiary alicyclic amines) is 1. The van der Waals surface area contributed by atoms with E-state index in [4.69, 9.17) is 18.9 Å². The first kappa shape index (κ1) is 19.3. The first-order valence-electron chi connectivity index (χ1n) is 7.81. The molecule has 0 aromatic rings. The number of aldehydes is 1. The molecule has 2 amide bonds. The zero-order chi connectivity index (χ0) is 19.2. The second-order valence-corrected chi connectivity index (χ2v) is 7.21. The van der Waals surface area contributed by atoms with E-state index in [-0.39, 0.29) is 12.7 Å². The Morgan fingerprint density at radius 2 is 1.92 bits per heavy atom. The van der Waals surface area contributed by atoms with Crippen LogP contribution in [0.4, 0.5) is 4.79 Å². The van der Waals surface area contributed by atoms with Crippen LogP contribution in [0.1, 0.15) is 34.1 Å². The number of amides is 2. The van der Waals surface area contributed by atoms with E-state index >= 15 is 0 Å². The van der Waals surface area contributed by atoms with Crippen LogP contribution < -0.4 is 0 Å². The fourth-order valence-electron chi connectivity index (χ4n) is 3.42. The summed E-state index contributed by atoms with van der Waals surface area (Å²) >= 11 is 0. The predicted octanol–water partition coefficient (Wildman–Crippen LogP) is 0.642. The van der Waals surface area contributed by atoms with Gasteiger partial charge in [-0.05, 0) is 27.7 Å². The van der Waals surface area contributed by atoms with Crippen LogP contribution in [0, 0.1) is 5.92 Å². The standard InChI is InChI=1S/C16H23NO8/c1-14(2,3)25-13(21)17-11(19)9-7-10(22-5)24-15(9,4)16(17,8-18)12(20)23-6/h8-10H,7H2,1-6H3/t9-,10-,15-,16-/m0/s1. The number of fused-ring (bicyclic) bond motifs is 1. The van der Waals surface area contributed by atoms with Crippen LogP contribution in [0.15, 0.2) is 0 Å². The van der Waals surface area contributed by atoms with Gasteiger partial charge in [0.15, 0.2) is 12.6 Å². The third-order valence-corrected chi connectivity index (χ3v) is 4.60. The second-order valence-electron chi connectivity index (χ2n) is 7.21. The van der Waals surface area contributed by atoms with Crippen LogP contribution in [0.25, 0.3) is 0 Å². The molecule has 0 aromatic carbocycles. The van der Waals surface area contributed by atoms with E-state index in [2.05, 4.69) is 0 Å². The van der Waals surface area contributed by atoms with Crippen molar-refractivity contribution in [2.75, 3.05) is 14.2 Å². The first-order chi connectivity index (χ1) is 11.5. The van der Waals surface area contributed by atoms with Gasteiger partial charge in [-0.2, -0.15) is 0 Å². The highest BCUT2D eigenvalue weighted by Crippen LogP contribution is 2.52. The van der Waals surface area contributed by atoms with Gasteiger partial charge in [-0.15, -0.1) is 0 Å². The normalized spacial score (nSPS) is 34.6. The maximum absolute atomic E-state index is 12.9. The molecule has 0 bridgehead atoms.